The molecule has 1 amide bonds. The van der Waals surface area contributed by atoms with Crippen LogP contribution in [0.5, 0.6) is 5.75 Å². The van der Waals surface area contributed by atoms with Gasteiger partial charge in [0.2, 0.25) is 0 Å². The van der Waals surface area contributed by atoms with Gasteiger partial charge in [0, 0.05) is 22.4 Å². The summed E-state index contributed by atoms with van der Waals surface area (Å²) in [5, 5.41) is 12.1. The number of carbonyl (C=O) groups excluding carboxylic acids is 1. The first-order valence-corrected chi connectivity index (χ1v) is 8.75. The van der Waals surface area contributed by atoms with E-state index in [2.05, 4.69) is 5.32 Å². The number of aliphatic carboxylic acids is 1. The zero-order valence-corrected chi connectivity index (χ0v) is 15.0. The molecule has 1 atom stereocenters. The lowest BCUT2D eigenvalue weighted by atomic mass is 10.1. The third-order valence-electron chi connectivity index (χ3n) is 4.25. The van der Waals surface area contributed by atoms with Crippen LogP contribution in [0.25, 0.3) is 0 Å². The third kappa shape index (κ3) is 4.46. The predicted molar refractivity (Wildman–Crippen MR) is 99.5 cm³/mol. The van der Waals surface area contributed by atoms with Crippen molar-refractivity contribution in [2.24, 2.45) is 0 Å². The maximum Gasteiger partial charge on any atom is 0.332 e. The fourth-order valence-corrected chi connectivity index (χ4v) is 3.12. The summed E-state index contributed by atoms with van der Waals surface area (Å²) in [6, 6.07) is 12.6. The molecule has 2 aromatic rings. The molecule has 0 aromatic heterocycles. The summed E-state index contributed by atoms with van der Waals surface area (Å²) >= 11 is 5.95. The van der Waals surface area contributed by atoms with Crippen LogP contribution < -0.4 is 10.1 Å². The minimum Gasteiger partial charge on any atom is -0.478 e. The minimum atomic E-state index is -1.72. The van der Waals surface area contributed by atoms with Gasteiger partial charge >= 0.3 is 5.97 Å². The van der Waals surface area contributed by atoms with E-state index in [0.717, 1.165) is 0 Å². The van der Waals surface area contributed by atoms with Crippen molar-refractivity contribution < 1.29 is 23.8 Å². The highest BCUT2D eigenvalue weighted by Crippen LogP contribution is 2.30. The molecule has 2 N–H and O–H groups in total. The highest BCUT2D eigenvalue weighted by Gasteiger charge is 2.25. The van der Waals surface area contributed by atoms with E-state index in [0.29, 0.717) is 30.5 Å². The Kier molecular flexibility index (Phi) is 5.76. The molecule has 7 heteroatoms. The van der Waals surface area contributed by atoms with Gasteiger partial charge in [-0.15, -0.1) is 0 Å². The van der Waals surface area contributed by atoms with Crippen LogP contribution >= 0.6 is 11.6 Å². The molecule has 0 aliphatic heterocycles. The zero-order chi connectivity index (χ0) is 19.4. The van der Waals surface area contributed by atoms with E-state index < -0.39 is 18.2 Å². The molecule has 0 heterocycles. The van der Waals surface area contributed by atoms with Crippen LogP contribution in [0.1, 0.15) is 31.2 Å². The number of hydrogen-bond acceptors (Lipinski definition) is 3. The Balaban J connectivity index is 1.65. The van der Waals surface area contributed by atoms with Gasteiger partial charge in [-0.25, -0.2) is 4.79 Å². The van der Waals surface area contributed by atoms with Gasteiger partial charge in [-0.1, -0.05) is 29.8 Å². The number of carbonyl (C=O) groups is 2. The smallest absolute Gasteiger partial charge is 0.332 e. The number of carboxylic acid groups (broad SMARTS) is 1. The van der Waals surface area contributed by atoms with Gasteiger partial charge in [-0.05, 0) is 49.6 Å². The highest BCUT2D eigenvalue weighted by molar-refractivity contribution is 6.31. The Morgan fingerprint density at radius 1 is 1.07 bits per heavy atom. The fourth-order valence-electron chi connectivity index (χ4n) is 2.90. The number of anilines is 1. The Bertz CT molecular complexity index is 895. The Labute approximate surface area is 160 Å². The van der Waals surface area contributed by atoms with Crippen LogP contribution in [-0.2, 0) is 9.59 Å². The number of ether oxygens (including phenoxy) is 1. The summed E-state index contributed by atoms with van der Waals surface area (Å²) in [6.45, 7) is 0. The molecule has 0 bridgehead atoms. The van der Waals surface area contributed by atoms with Gasteiger partial charge < -0.3 is 15.2 Å². The quantitative estimate of drug-likeness (QED) is 0.737. The number of rotatable bonds is 6. The second kappa shape index (κ2) is 8.22. The standard InChI is InChI=1S/C20H17ClFNO4/c21-17-7-2-1-4-16(17)18(22)27-13-10-8-12(9-11-13)23-19(24)14-5-3-6-15(14)20(25)26/h1-2,4,7-11,18H,3,5-6H2,(H,23,24)(H,25,26). The number of hydrogen-bond donors (Lipinski definition) is 2. The lowest BCUT2D eigenvalue weighted by molar-refractivity contribution is -0.133. The van der Waals surface area contributed by atoms with Gasteiger partial charge in [-0.2, -0.15) is 4.39 Å². The monoisotopic (exact) mass is 389 g/mol. The van der Waals surface area contributed by atoms with Crippen LogP contribution in [0.4, 0.5) is 10.1 Å². The highest BCUT2D eigenvalue weighted by atomic mass is 35.5. The number of benzene rings is 2. The lowest BCUT2D eigenvalue weighted by Crippen LogP contribution is -2.16. The minimum absolute atomic E-state index is 0.160. The average Bonchev–Trinajstić information content (AvgIpc) is 3.14. The SMILES string of the molecule is O=C(O)C1=C(C(=O)Nc2ccc(OC(F)c3ccccc3Cl)cc2)CCC1. The van der Waals surface area contributed by atoms with E-state index in [4.69, 9.17) is 21.4 Å². The van der Waals surface area contributed by atoms with E-state index in [9.17, 15) is 14.0 Å². The van der Waals surface area contributed by atoms with Crippen molar-refractivity contribution in [3.8, 4) is 5.75 Å². The molecular weight excluding hydrogens is 373 g/mol. The predicted octanol–water partition coefficient (Wildman–Crippen LogP) is 4.89. The Hall–Kier alpha value is -2.86. The number of carboxylic acids is 1. The topological polar surface area (TPSA) is 75.6 Å². The van der Waals surface area contributed by atoms with E-state index in [1.54, 1.807) is 30.3 Å². The second-order valence-corrected chi connectivity index (χ2v) is 6.46. The summed E-state index contributed by atoms with van der Waals surface area (Å²) in [4.78, 5) is 23.4. The molecule has 0 spiro atoms. The summed E-state index contributed by atoms with van der Waals surface area (Å²) < 4.78 is 19.5. The van der Waals surface area contributed by atoms with Crippen LogP contribution in [0.2, 0.25) is 5.02 Å². The molecule has 0 radical (unpaired) electrons. The third-order valence-corrected chi connectivity index (χ3v) is 4.60. The summed E-state index contributed by atoms with van der Waals surface area (Å²) in [7, 11) is 0. The van der Waals surface area contributed by atoms with Gasteiger partial charge in [0.25, 0.3) is 12.3 Å². The molecular formula is C20H17ClFNO4. The average molecular weight is 390 g/mol. The molecule has 0 saturated carbocycles. The van der Waals surface area contributed by atoms with E-state index in [1.807, 2.05) is 0 Å². The van der Waals surface area contributed by atoms with Crippen LogP contribution in [0.3, 0.4) is 0 Å². The van der Waals surface area contributed by atoms with Crippen molar-refractivity contribution in [1.82, 2.24) is 0 Å². The molecule has 5 nitrogen and oxygen atoms in total. The molecule has 1 aliphatic carbocycles. The van der Waals surface area contributed by atoms with Crippen molar-refractivity contribution in [1.29, 1.82) is 0 Å². The van der Waals surface area contributed by atoms with Crippen LogP contribution in [-0.4, -0.2) is 17.0 Å². The number of alkyl halides is 1. The summed E-state index contributed by atoms with van der Waals surface area (Å²) in [6.07, 6.45) is -0.237. The summed E-state index contributed by atoms with van der Waals surface area (Å²) in [5.74, 6) is -1.22. The first-order valence-electron chi connectivity index (χ1n) is 8.37. The maximum atomic E-state index is 14.3. The molecule has 3 rings (SSSR count). The molecule has 2 aromatic carbocycles. The van der Waals surface area contributed by atoms with Gasteiger partial charge in [0.15, 0.2) is 0 Å². The van der Waals surface area contributed by atoms with Crippen molar-refractivity contribution in [2.45, 2.75) is 25.6 Å². The first-order chi connectivity index (χ1) is 13.0. The lowest BCUT2D eigenvalue weighted by Gasteiger charge is -2.13. The summed E-state index contributed by atoms with van der Waals surface area (Å²) in [5.41, 5.74) is 1.15. The van der Waals surface area contributed by atoms with Crippen molar-refractivity contribution in [2.75, 3.05) is 5.32 Å². The van der Waals surface area contributed by atoms with Crippen molar-refractivity contribution in [3.05, 3.63) is 70.3 Å². The Morgan fingerprint density at radius 2 is 1.74 bits per heavy atom. The van der Waals surface area contributed by atoms with Gasteiger partial charge in [-0.3, -0.25) is 4.79 Å². The fraction of sp³-hybridized carbons (Fsp3) is 0.200. The molecule has 0 saturated heterocycles. The van der Waals surface area contributed by atoms with Crippen LogP contribution in [0, 0.1) is 0 Å². The maximum absolute atomic E-state index is 14.3. The van der Waals surface area contributed by atoms with Crippen LogP contribution in [0.15, 0.2) is 59.7 Å². The number of amides is 1. The van der Waals surface area contributed by atoms with E-state index in [1.165, 1.54) is 18.2 Å². The van der Waals surface area contributed by atoms with Crippen molar-refractivity contribution in [3.63, 3.8) is 0 Å². The molecule has 1 aliphatic rings. The van der Waals surface area contributed by atoms with Crippen molar-refractivity contribution >= 4 is 29.2 Å². The molecule has 27 heavy (non-hydrogen) atoms. The number of halogens is 2. The zero-order valence-electron chi connectivity index (χ0n) is 14.2. The van der Waals surface area contributed by atoms with Gasteiger partial charge in [0.05, 0.1) is 5.02 Å². The molecule has 140 valence electrons. The first kappa shape index (κ1) is 18.9. The van der Waals surface area contributed by atoms with Gasteiger partial charge in [0.1, 0.15) is 5.75 Å². The molecule has 1 unspecified atom stereocenters. The largest absolute Gasteiger partial charge is 0.478 e. The number of nitrogens with one attached hydrogen (secondary N) is 1. The normalized spacial score (nSPS) is 14.7. The van der Waals surface area contributed by atoms with E-state index in [-0.39, 0.29) is 21.9 Å². The molecule has 0 fully saturated rings. The Morgan fingerprint density at radius 3 is 2.41 bits per heavy atom. The second-order valence-electron chi connectivity index (χ2n) is 6.05. The van der Waals surface area contributed by atoms with E-state index >= 15 is 0 Å².